The van der Waals surface area contributed by atoms with Crippen LogP contribution in [0.3, 0.4) is 0 Å². The number of rotatable bonds is 10. The Morgan fingerprint density at radius 2 is 2.00 bits per heavy atom. The summed E-state index contributed by atoms with van der Waals surface area (Å²) in [5.74, 6) is 0.927. The molecule has 0 saturated heterocycles. The van der Waals surface area contributed by atoms with E-state index < -0.39 is 15.3 Å². The molecule has 2 N–H and O–H groups in total. The molecule has 1 aromatic heterocycles. The van der Waals surface area contributed by atoms with E-state index in [1.165, 1.54) is 0 Å². The summed E-state index contributed by atoms with van der Waals surface area (Å²) in [5, 5.41) is 3.05. The maximum Gasteiger partial charge on any atom is 0.225 e. The molecule has 1 atom stereocenters. The lowest BCUT2D eigenvalue weighted by Crippen LogP contribution is -2.34. The van der Waals surface area contributed by atoms with Crippen LogP contribution >= 0.6 is 0 Å². The van der Waals surface area contributed by atoms with Gasteiger partial charge in [0.2, 0.25) is 15.9 Å². The van der Waals surface area contributed by atoms with Crippen molar-refractivity contribution in [2.24, 2.45) is 5.92 Å². The van der Waals surface area contributed by atoms with E-state index in [9.17, 15) is 8.42 Å². The number of hydrogen-bond donors (Lipinski definition) is 2. The van der Waals surface area contributed by atoms with Gasteiger partial charge < -0.3 is 9.73 Å². The molecule has 0 fully saturated rings. The second-order valence-electron chi connectivity index (χ2n) is 6.98. The zero-order valence-electron chi connectivity index (χ0n) is 16.0. The molecule has 0 bridgehead atoms. The second-order valence-corrected chi connectivity index (χ2v) is 9.30. The van der Waals surface area contributed by atoms with Crippen LogP contribution < -0.4 is 10.0 Å². The lowest BCUT2D eigenvalue weighted by atomic mass is 10.1. The Balaban J connectivity index is 1.74. The van der Waals surface area contributed by atoms with Crippen LogP contribution in [-0.4, -0.2) is 31.7 Å². The van der Waals surface area contributed by atoms with Gasteiger partial charge in [-0.2, -0.15) is 0 Å². The highest BCUT2D eigenvalue weighted by molar-refractivity contribution is 7.90. The molecule has 0 radical (unpaired) electrons. The molecule has 0 aliphatic rings. The smallest absolute Gasteiger partial charge is 0.225 e. The van der Waals surface area contributed by atoms with Gasteiger partial charge in [-0.1, -0.05) is 6.92 Å². The predicted octanol–water partition coefficient (Wildman–Crippen LogP) is 3.81. The van der Waals surface area contributed by atoms with Crippen LogP contribution in [0, 0.1) is 12.8 Å². The van der Waals surface area contributed by atoms with Gasteiger partial charge in [-0.3, -0.25) is 0 Å². The van der Waals surface area contributed by atoms with E-state index in [4.69, 9.17) is 4.42 Å². The van der Waals surface area contributed by atoms with E-state index in [0.29, 0.717) is 18.4 Å². The number of aryl methyl sites for hydroxylation is 1. The lowest BCUT2D eigenvalue weighted by molar-refractivity contribution is 0.497. The predicted molar refractivity (Wildman–Crippen MR) is 106 cm³/mol. The third kappa shape index (κ3) is 5.85. The fourth-order valence-electron chi connectivity index (χ4n) is 2.56. The van der Waals surface area contributed by atoms with Gasteiger partial charge in [0.1, 0.15) is 6.26 Å². The molecule has 0 aliphatic heterocycles. The molecular formula is C19H29N3O3S. The van der Waals surface area contributed by atoms with Crippen LogP contribution in [0.2, 0.25) is 0 Å². The number of nitrogens with zero attached hydrogens (tertiary/aromatic N) is 1. The van der Waals surface area contributed by atoms with Gasteiger partial charge in [0.25, 0.3) is 0 Å². The molecule has 6 nitrogen and oxygen atoms in total. The first kappa shape index (κ1) is 20.5. The van der Waals surface area contributed by atoms with Crippen molar-refractivity contribution in [1.82, 2.24) is 9.71 Å². The quantitative estimate of drug-likeness (QED) is 0.613. The number of aromatic nitrogens is 1. The van der Waals surface area contributed by atoms with Crippen molar-refractivity contribution in [3.63, 3.8) is 0 Å². The molecule has 0 aliphatic carbocycles. The average Bonchev–Trinajstić information content (AvgIpc) is 3.12. The minimum Gasteiger partial charge on any atom is -0.445 e. The van der Waals surface area contributed by atoms with Crippen molar-refractivity contribution in [3.8, 4) is 11.5 Å². The van der Waals surface area contributed by atoms with Crippen molar-refractivity contribution >= 4 is 15.7 Å². The van der Waals surface area contributed by atoms with Crippen LogP contribution in [0.15, 0.2) is 35.1 Å². The van der Waals surface area contributed by atoms with Crippen LogP contribution in [0.1, 0.15) is 39.2 Å². The minimum absolute atomic E-state index is 0.304. The second kappa shape index (κ2) is 9.19. The van der Waals surface area contributed by atoms with Gasteiger partial charge in [0.05, 0.1) is 11.4 Å². The fraction of sp³-hybridized carbons (Fsp3) is 0.526. The number of sulfonamides is 1. The summed E-state index contributed by atoms with van der Waals surface area (Å²) in [5.41, 5.74) is 3.19. The molecule has 26 heavy (non-hydrogen) atoms. The van der Waals surface area contributed by atoms with Crippen molar-refractivity contribution in [2.45, 2.75) is 45.8 Å². The maximum atomic E-state index is 11.8. The molecule has 2 aromatic rings. The summed E-state index contributed by atoms with van der Waals surface area (Å²) in [6.45, 7) is 8.83. The van der Waals surface area contributed by atoms with E-state index in [1.807, 2.05) is 12.1 Å². The number of oxazole rings is 1. The lowest BCUT2D eigenvalue weighted by Gasteiger charge is -2.15. The van der Waals surface area contributed by atoms with Gasteiger partial charge in [-0.05, 0) is 63.3 Å². The Hall–Kier alpha value is -1.86. The SMILES string of the molecule is Cc1cc(-c2ncco2)ccc1NCCCC(C)CNS(=O)(=O)C(C)C. The minimum atomic E-state index is -3.17. The van der Waals surface area contributed by atoms with Crippen molar-refractivity contribution in [1.29, 1.82) is 0 Å². The molecule has 0 spiro atoms. The molecule has 1 heterocycles. The number of nitrogens with one attached hydrogen (secondary N) is 2. The average molecular weight is 380 g/mol. The van der Waals surface area contributed by atoms with E-state index in [1.54, 1.807) is 26.3 Å². The van der Waals surface area contributed by atoms with E-state index >= 15 is 0 Å². The zero-order chi connectivity index (χ0) is 19.2. The number of benzene rings is 1. The van der Waals surface area contributed by atoms with Crippen LogP contribution in [0.25, 0.3) is 11.5 Å². The highest BCUT2D eigenvalue weighted by Crippen LogP contribution is 2.23. The van der Waals surface area contributed by atoms with Crippen LogP contribution in [-0.2, 0) is 10.0 Å². The molecule has 1 aromatic carbocycles. The highest BCUT2D eigenvalue weighted by Gasteiger charge is 2.16. The summed E-state index contributed by atoms with van der Waals surface area (Å²) < 4.78 is 31.5. The first-order chi connectivity index (χ1) is 12.3. The Bertz CT molecular complexity index is 786. The Morgan fingerprint density at radius 1 is 1.23 bits per heavy atom. The third-order valence-corrected chi connectivity index (χ3v) is 6.16. The molecule has 1 unspecified atom stereocenters. The first-order valence-electron chi connectivity index (χ1n) is 9.02. The molecule has 0 amide bonds. The van der Waals surface area contributed by atoms with E-state index in [2.05, 4.69) is 34.9 Å². The van der Waals surface area contributed by atoms with Gasteiger partial charge in [0.15, 0.2) is 0 Å². The van der Waals surface area contributed by atoms with Gasteiger partial charge in [-0.25, -0.2) is 18.1 Å². The zero-order valence-corrected chi connectivity index (χ0v) is 16.8. The normalized spacial score (nSPS) is 13.1. The standard InChI is InChI=1S/C19H29N3O3S/c1-14(2)26(23,24)22-13-15(3)6-5-9-20-18-8-7-17(12-16(18)4)19-21-10-11-25-19/h7-8,10-12,14-15,20,22H,5-6,9,13H2,1-4H3. The number of hydrogen-bond acceptors (Lipinski definition) is 5. The van der Waals surface area contributed by atoms with E-state index in [0.717, 1.165) is 36.2 Å². The van der Waals surface area contributed by atoms with Crippen molar-refractivity contribution in [3.05, 3.63) is 36.2 Å². The van der Waals surface area contributed by atoms with Gasteiger partial charge >= 0.3 is 0 Å². The maximum absolute atomic E-state index is 11.8. The third-order valence-electron chi connectivity index (χ3n) is 4.35. The molecule has 0 saturated carbocycles. The van der Waals surface area contributed by atoms with Crippen LogP contribution in [0.5, 0.6) is 0 Å². The van der Waals surface area contributed by atoms with Crippen LogP contribution in [0.4, 0.5) is 5.69 Å². The topological polar surface area (TPSA) is 84.2 Å². The molecule has 7 heteroatoms. The first-order valence-corrected chi connectivity index (χ1v) is 10.6. The summed E-state index contributed by atoms with van der Waals surface area (Å²) in [4.78, 5) is 4.16. The van der Waals surface area contributed by atoms with Gasteiger partial charge in [-0.15, -0.1) is 0 Å². The Labute approximate surface area is 156 Å². The van der Waals surface area contributed by atoms with Gasteiger partial charge in [0, 0.05) is 24.3 Å². The van der Waals surface area contributed by atoms with Crippen molar-refractivity contribution < 1.29 is 12.8 Å². The van der Waals surface area contributed by atoms with E-state index in [-0.39, 0.29) is 0 Å². The molecule has 2 rings (SSSR count). The highest BCUT2D eigenvalue weighted by atomic mass is 32.2. The van der Waals surface area contributed by atoms with Crippen molar-refractivity contribution in [2.75, 3.05) is 18.4 Å². The monoisotopic (exact) mass is 379 g/mol. The summed E-state index contributed by atoms with van der Waals surface area (Å²) >= 11 is 0. The Kier molecular flexibility index (Phi) is 7.23. The summed E-state index contributed by atoms with van der Waals surface area (Å²) in [7, 11) is -3.17. The molecule has 144 valence electrons. The summed E-state index contributed by atoms with van der Waals surface area (Å²) in [6, 6.07) is 6.08. The fourth-order valence-corrected chi connectivity index (χ4v) is 3.41. The molecular weight excluding hydrogens is 350 g/mol. The summed E-state index contributed by atoms with van der Waals surface area (Å²) in [6.07, 6.45) is 5.14. The Morgan fingerprint density at radius 3 is 2.62 bits per heavy atom. The largest absolute Gasteiger partial charge is 0.445 e. The number of anilines is 1.